The normalized spacial score (nSPS) is 11.2. The van der Waals surface area contributed by atoms with Crippen molar-refractivity contribution in [2.45, 2.75) is 19.7 Å². The summed E-state index contributed by atoms with van der Waals surface area (Å²) < 4.78 is 47.9. The number of benzene rings is 2. The number of amides is 1. The van der Waals surface area contributed by atoms with Crippen molar-refractivity contribution < 1.29 is 31.9 Å². The van der Waals surface area contributed by atoms with Crippen LogP contribution in [0.25, 0.3) is 0 Å². The van der Waals surface area contributed by atoms with E-state index in [9.17, 15) is 22.8 Å². The van der Waals surface area contributed by atoms with E-state index in [2.05, 4.69) is 5.32 Å². The van der Waals surface area contributed by atoms with Crippen LogP contribution in [0.15, 0.2) is 65.3 Å². The number of halogens is 3. The number of nitrogens with one attached hydrogen (secondary N) is 1. The predicted molar refractivity (Wildman–Crippen MR) is 98.4 cm³/mol. The Bertz CT molecular complexity index is 1010. The average molecular weight is 403 g/mol. The third-order valence-corrected chi connectivity index (χ3v) is 4.12. The molecule has 0 aliphatic carbocycles. The highest BCUT2D eigenvalue weighted by molar-refractivity contribution is 6.03. The molecular formula is C21H16F3NO4. The van der Waals surface area contributed by atoms with Crippen LogP contribution in [0.4, 0.5) is 18.9 Å². The number of hydrogen-bond acceptors (Lipinski definition) is 4. The van der Waals surface area contributed by atoms with Gasteiger partial charge in [0, 0.05) is 5.69 Å². The molecule has 1 amide bonds. The predicted octanol–water partition coefficient (Wildman–Crippen LogP) is 5.22. The maximum Gasteiger partial charge on any atom is 0.416 e. The summed E-state index contributed by atoms with van der Waals surface area (Å²) in [6.07, 6.45) is -3.05. The quantitative estimate of drug-likeness (QED) is 0.594. The zero-order chi connectivity index (χ0) is 21.0. The summed E-state index contributed by atoms with van der Waals surface area (Å²) in [5.74, 6) is -1.01. The number of aryl methyl sites for hydroxylation is 1. The fraction of sp³-hybridized carbons (Fsp3) is 0.143. The number of carbonyl (C=O) groups is 2. The minimum Gasteiger partial charge on any atom is -0.459 e. The second kappa shape index (κ2) is 8.22. The van der Waals surface area contributed by atoms with Crippen LogP contribution in [-0.4, -0.2) is 11.9 Å². The molecule has 0 spiro atoms. The Morgan fingerprint density at radius 1 is 1.07 bits per heavy atom. The van der Waals surface area contributed by atoms with Gasteiger partial charge in [-0.15, -0.1) is 0 Å². The van der Waals surface area contributed by atoms with Crippen molar-refractivity contribution in [3.8, 4) is 0 Å². The summed E-state index contributed by atoms with van der Waals surface area (Å²) in [5.41, 5.74) is 0.977. The second-order valence-electron chi connectivity index (χ2n) is 6.23. The zero-order valence-electron chi connectivity index (χ0n) is 15.2. The Kier molecular flexibility index (Phi) is 5.72. The summed E-state index contributed by atoms with van der Waals surface area (Å²) in [6.45, 7) is 1.58. The Morgan fingerprint density at radius 3 is 2.41 bits per heavy atom. The van der Waals surface area contributed by atoms with Gasteiger partial charge in [-0.2, -0.15) is 13.2 Å². The van der Waals surface area contributed by atoms with Gasteiger partial charge in [-0.25, -0.2) is 4.79 Å². The van der Waals surface area contributed by atoms with Crippen molar-refractivity contribution in [2.75, 3.05) is 5.32 Å². The fourth-order valence-electron chi connectivity index (χ4n) is 2.50. The van der Waals surface area contributed by atoms with Crippen LogP contribution < -0.4 is 5.32 Å². The lowest BCUT2D eigenvalue weighted by atomic mass is 10.1. The lowest BCUT2D eigenvalue weighted by Gasteiger charge is -2.11. The number of rotatable bonds is 5. The molecule has 8 heteroatoms. The molecule has 5 nitrogen and oxygen atoms in total. The summed E-state index contributed by atoms with van der Waals surface area (Å²) in [4.78, 5) is 24.4. The topological polar surface area (TPSA) is 68.5 Å². The molecule has 3 aromatic rings. The molecule has 1 aromatic heterocycles. The number of hydrogen-bond donors (Lipinski definition) is 1. The third-order valence-electron chi connectivity index (χ3n) is 4.12. The number of furan rings is 1. The van der Waals surface area contributed by atoms with Gasteiger partial charge in [-0.05, 0) is 54.4 Å². The van der Waals surface area contributed by atoms with E-state index in [0.29, 0.717) is 11.3 Å². The molecule has 0 aliphatic rings. The van der Waals surface area contributed by atoms with Gasteiger partial charge < -0.3 is 14.5 Å². The first kappa shape index (κ1) is 20.2. The smallest absolute Gasteiger partial charge is 0.416 e. The monoisotopic (exact) mass is 403 g/mol. The van der Waals surface area contributed by atoms with E-state index in [-0.39, 0.29) is 17.9 Å². The third kappa shape index (κ3) is 5.04. The molecule has 0 fully saturated rings. The van der Waals surface area contributed by atoms with Crippen LogP contribution in [0.3, 0.4) is 0 Å². The Hall–Kier alpha value is -3.55. The molecule has 1 N–H and O–H groups in total. The molecule has 0 atom stereocenters. The second-order valence-corrected chi connectivity index (χ2v) is 6.23. The van der Waals surface area contributed by atoms with Gasteiger partial charge in [0.15, 0.2) is 5.76 Å². The van der Waals surface area contributed by atoms with Crippen LogP contribution in [0.5, 0.6) is 0 Å². The van der Waals surface area contributed by atoms with Crippen LogP contribution >= 0.6 is 0 Å². The molecule has 0 saturated carbocycles. The largest absolute Gasteiger partial charge is 0.459 e. The molecule has 150 valence electrons. The minimum absolute atomic E-state index is 0.125. The number of carbonyl (C=O) groups excluding carboxylic acids is 2. The molecule has 0 aliphatic heterocycles. The Labute approximate surface area is 164 Å². The highest BCUT2D eigenvalue weighted by Gasteiger charge is 2.29. The summed E-state index contributed by atoms with van der Waals surface area (Å²) in [6, 6.07) is 12.1. The van der Waals surface area contributed by atoms with E-state index in [0.717, 1.165) is 17.7 Å². The lowest BCUT2D eigenvalue weighted by Crippen LogP contribution is -2.13. The maximum absolute atomic E-state index is 12.6. The van der Waals surface area contributed by atoms with Crippen molar-refractivity contribution in [3.05, 3.63) is 88.9 Å². The number of alkyl halides is 3. The molecule has 0 radical (unpaired) electrons. The highest BCUT2D eigenvalue weighted by atomic mass is 19.4. The Balaban J connectivity index is 1.65. The SMILES string of the molecule is Cc1ccc(C(=O)OCc2ccc(C(F)(F)F)cc2)cc1NC(=O)c1ccco1. The summed E-state index contributed by atoms with van der Waals surface area (Å²) >= 11 is 0. The first-order valence-electron chi connectivity index (χ1n) is 8.53. The van der Waals surface area contributed by atoms with E-state index in [1.807, 2.05) is 0 Å². The lowest BCUT2D eigenvalue weighted by molar-refractivity contribution is -0.137. The van der Waals surface area contributed by atoms with Crippen molar-refractivity contribution >= 4 is 17.6 Å². The van der Waals surface area contributed by atoms with Gasteiger partial charge in [0.1, 0.15) is 6.61 Å². The van der Waals surface area contributed by atoms with Gasteiger partial charge in [0.05, 0.1) is 17.4 Å². The van der Waals surface area contributed by atoms with Gasteiger partial charge in [0.25, 0.3) is 5.91 Å². The van der Waals surface area contributed by atoms with Crippen molar-refractivity contribution in [1.82, 2.24) is 0 Å². The molecule has 0 unspecified atom stereocenters. The summed E-state index contributed by atoms with van der Waals surface area (Å²) in [5, 5.41) is 2.66. The highest BCUT2D eigenvalue weighted by Crippen LogP contribution is 2.29. The minimum atomic E-state index is -4.42. The molecule has 1 heterocycles. The van der Waals surface area contributed by atoms with Crippen molar-refractivity contribution in [2.24, 2.45) is 0 Å². The van der Waals surface area contributed by atoms with Gasteiger partial charge >= 0.3 is 12.1 Å². The molecule has 29 heavy (non-hydrogen) atoms. The molecular weight excluding hydrogens is 387 g/mol. The van der Waals surface area contributed by atoms with E-state index in [1.165, 1.54) is 36.6 Å². The van der Waals surface area contributed by atoms with E-state index in [1.54, 1.807) is 19.1 Å². The number of anilines is 1. The van der Waals surface area contributed by atoms with Crippen LogP contribution in [-0.2, 0) is 17.5 Å². The van der Waals surface area contributed by atoms with E-state index < -0.39 is 23.6 Å². The van der Waals surface area contributed by atoms with Crippen LogP contribution in [0.1, 0.15) is 37.6 Å². The Morgan fingerprint density at radius 2 is 1.79 bits per heavy atom. The molecule has 3 rings (SSSR count). The zero-order valence-corrected chi connectivity index (χ0v) is 15.2. The average Bonchev–Trinajstić information content (AvgIpc) is 3.22. The molecule has 2 aromatic carbocycles. The maximum atomic E-state index is 12.6. The van der Waals surface area contributed by atoms with Crippen molar-refractivity contribution in [1.29, 1.82) is 0 Å². The van der Waals surface area contributed by atoms with Crippen LogP contribution in [0.2, 0.25) is 0 Å². The van der Waals surface area contributed by atoms with E-state index in [4.69, 9.17) is 9.15 Å². The van der Waals surface area contributed by atoms with Gasteiger partial charge in [0.2, 0.25) is 0 Å². The number of ether oxygens (including phenoxy) is 1. The first-order chi connectivity index (χ1) is 13.7. The van der Waals surface area contributed by atoms with Crippen LogP contribution in [0, 0.1) is 6.92 Å². The van der Waals surface area contributed by atoms with Crippen molar-refractivity contribution in [3.63, 3.8) is 0 Å². The molecule has 0 bridgehead atoms. The van der Waals surface area contributed by atoms with E-state index >= 15 is 0 Å². The molecule has 0 saturated heterocycles. The number of esters is 1. The fourth-order valence-corrected chi connectivity index (χ4v) is 2.50. The first-order valence-corrected chi connectivity index (χ1v) is 8.53. The summed E-state index contributed by atoms with van der Waals surface area (Å²) in [7, 11) is 0. The van der Waals surface area contributed by atoms with Gasteiger partial charge in [-0.3, -0.25) is 4.79 Å². The van der Waals surface area contributed by atoms with Gasteiger partial charge in [-0.1, -0.05) is 18.2 Å². The standard InChI is InChI=1S/C21H16F3NO4/c1-13-4-7-15(11-17(13)25-19(26)18-3-2-10-28-18)20(27)29-12-14-5-8-16(9-6-14)21(22,23)24/h2-11H,12H2,1H3,(H,25,26).